The Bertz CT molecular complexity index is 489. The summed E-state index contributed by atoms with van der Waals surface area (Å²) in [6.07, 6.45) is -4.44. The molecule has 0 aliphatic rings. The van der Waals surface area contributed by atoms with Crippen LogP contribution in [0.1, 0.15) is 17.5 Å². The molecule has 1 aromatic carbocycles. The van der Waals surface area contributed by atoms with Crippen LogP contribution in [0.15, 0.2) is 18.2 Å². The zero-order chi connectivity index (χ0) is 12.2. The van der Waals surface area contributed by atoms with E-state index in [-0.39, 0.29) is 6.42 Å². The average Bonchev–Trinajstić information content (AvgIpc) is 2.16. The smallest absolute Gasteiger partial charge is 0.197 e. The molecule has 0 bridgehead atoms. The molecule has 0 saturated carbocycles. The van der Waals surface area contributed by atoms with Crippen molar-refractivity contribution in [1.82, 2.24) is 0 Å². The largest absolute Gasteiger partial charge is 0.417 e. The Morgan fingerprint density at radius 3 is 2.50 bits per heavy atom. The molecular formula is C11H5ClF3N. The second kappa shape index (κ2) is 4.92. The molecule has 0 aromatic heterocycles. The van der Waals surface area contributed by atoms with E-state index in [1.165, 1.54) is 6.07 Å². The van der Waals surface area contributed by atoms with Crippen molar-refractivity contribution in [1.29, 1.82) is 5.26 Å². The summed E-state index contributed by atoms with van der Waals surface area (Å²) in [5.74, 6) is 5.03. The van der Waals surface area contributed by atoms with Crippen LogP contribution in [0.5, 0.6) is 0 Å². The van der Waals surface area contributed by atoms with E-state index in [2.05, 4.69) is 11.8 Å². The van der Waals surface area contributed by atoms with Gasteiger partial charge in [-0.25, -0.2) is 0 Å². The van der Waals surface area contributed by atoms with Crippen molar-refractivity contribution in [3.8, 4) is 17.9 Å². The number of nitrogens with zero attached hydrogens (tertiary/aromatic N) is 1. The first-order chi connectivity index (χ1) is 7.45. The normalized spacial score (nSPS) is 10.2. The highest BCUT2D eigenvalue weighted by molar-refractivity contribution is 6.31. The van der Waals surface area contributed by atoms with Gasteiger partial charge in [0.25, 0.3) is 0 Å². The minimum atomic E-state index is -4.46. The van der Waals surface area contributed by atoms with Crippen LogP contribution in [0.3, 0.4) is 0 Å². The first-order valence-corrected chi connectivity index (χ1v) is 4.55. The van der Waals surface area contributed by atoms with Gasteiger partial charge in [0.2, 0.25) is 0 Å². The number of benzene rings is 1. The van der Waals surface area contributed by atoms with Crippen molar-refractivity contribution in [2.45, 2.75) is 12.6 Å². The van der Waals surface area contributed by atoms with Gasteiger partial charge >= 0.3 is 6.18 Å². The van der Waals surface area contributed by atoms with E-state index >= 15 is 0 Å². The predicted octanol–water partition coefficient (Wildman–Crippen LogP) is 3.62. The fraction of sp³-hybridized carbons (Fsp3) is 0.182. The highest BCUT2D eigenvalue weighted by atomic mass is 35.5. The van der Waals surface area contributed by atoms with Crippen LogP contribution < -0.4 is 0 Å². The SMILES string of the molecule is N#CCC#Cc1ccc(C(F)(F)F)c(Cl)c1. The standard InChI is InChI=1S/C11H5ClF3N/c12-10-7-8(3-1-2-6-16)4-5-9(10)11(13,14)15/h4-5,7H,2H2. The second-order valence-electron chi connectivity index (χ2n) is 2.83. The molecule has 0 atom stereocenters. The third-order valence-corrected chi connectivity index (χ3v) is 1.99. The number of nitriles is 1. The molecule has 1 nitrogen and oxygen atoms in total. The minimum Gasteiger partial charge on any atom is -0.197 e. The van der Waals surface area contributed by atoms with Gasteiger partial charge in [0, 0.05) is 5.56 Å². The molecule has 0 fully saturated rings. The molecule has 1 aromatic rings. The van der Waals surface area contributed by atoms with E-state index < -0.39 is 16.8 Å². The summed E-state index contributed by atoms with van der Waals surface area (Å²) in [4.78, 5) is 0. The Hall–Kier alpha value is -1.65. The van der Waals surface area contributed by atoms with Crippen LogP contribution in [0.2, 0.25) is 5.02 Å². The van der Waals surface area contributed by atoms with Crippen molar-refractivity contribution in [3.63, 3.8) is 0 Å². The predicted molar refractivity (Wildman–Crippen MR) is 53.6 cm³/mol. The van der Waals surface area contributed by atoms with E-state index in [4.69, 9.17) is 16.9 Å². The average molecular weight is 244 g/mol. The van der Waals surface area contributed by atoms with Crippen LogP contribution in [-0.2, 0) is 6.18 Å². The molecule has 0 N–H and O–H groups in total. The van der Waals surface area contributed by atoms with Crippen LogP contribution in [0.25, 0.3) is 0 Å². The van der Waals surface area contributed by atoms with Gasteiger partial charge in [-0.15, -0.1) is 0 Å². The lowest BCUT2D eigenvalue weighted by Gasteiger charge is -2.08. The van der Waals surface area contributed by atoms with E-state index in [0.717, 1.165) is 12.1 Å². The summed E-state index contributed by atoms with van der Waals surface area (Å²) < 4.78 is 37.0. The second-order valence-corrected chi connectivity index (χ2v) is 3.24. The summed E-state index contributed by atoms with van der Waals surface area (Å²) in [5.41, 5.74) is -0.534. The van der Waals surface area contributed by atoms with E-state index in [1.807, 2.05) is 0 Å². The monoisotopic (exact) mass is 243 g/mol. The molecule has 0 heterocycles. The zero-order valence-electron chi connectivity index (χ0n) is 7.90. The third kappa shape index (κ3) is 3.18. The topological polar surface area (TPSA) is 23.8 Å². The molecule has 1 rings (SSSR count). The lowest BCUT2D eigenvalue weighted by molar-refractivity contribution is -0.137. The molecule has 0 unspecified atom stereocenters. The van der Waals surface area contributed by atoms with Gasteiger partial charge in [0.15, 0.2) is 0 Å². The van der Waals surface area contributed by atoms with Crippen LogP contribution in [0.4, 0.5) is 13.2 Å². The molecule has 5 heteroatoms. The summed E-state index contributed by atoms with van der Waals surface area (Å²) in [6, 6.07) is 5.03. The molecule has 0 aliphatic heterocycles. The Labute approximate surface area is 95.4 Å². The van der Waals surface area contributed by atoms with Crippen molar-refractivity contribution >= 4 is 11.6 Å². The highest BCUT2D eigenvalue weighted by Crippen LogP contribution is 2.34. The summed E-state index contributed by atoms with van der Waals surface area (Å²) in [6.45, 7) is 0. The van der Waals surface area contributed by atoms with Gasteiger partial charge in [-0.3, -0.25) is 0 Å². The van der Waals surface area contributed by atoms with Gasteiger partial charge in [-0.05, 0) is 18.2 Å². The lowest BCUT2D eigenvalue weighted by Crippen LogP contribution is -2.05. The van der Waals surface area contributed by atoms with Gasteiger partial charge in [-0.1, -0.05) is 23.4 Å². The highest BCUT2D eigenvalue weighted by Gasteiger charge is 2.32. The molecule has 0 spiro atoms. The Morgan fingerprint density at radius 1 is 1.31 bits per heavy atom. The number of alkyl halides is 3. The first-order valence-electron chi connectivity index (χ1n) is 4.17. The summed E-state index contributed by atoms with van der Waals surface area (Å²) in [7, 11) is 0. The molecule has 0 saturated heterocycles. The number of hydrogen-bond donors (Lipinski definition) is 0. The van der Waals surface area contributed by atoms with Gasteiger partial charge in [-0.2, -0.15) is 18.4 Å². The van der Waals surface area contributed by atoms with E-state index in [0.29, 0.717) is 5.56 Å². The molecule has 16 heavy (non-hydrogen) atoms. The van der Waals surface area contributed by atoms with Gasteiger partial charge in [0.1, 0.15) is 0 Å². The maximum absolute atomic E-state index is 12.3. The van der Waals surface area contributed by atoms with Crippen molar-refractivity contribution in [2.75, 3.05) is 0 Å². The molecule has 0 aliphatic carbocycles. The summed E-state index contributed by atoms with van der Waals surface area (Å²) >= 11 is 5.47. The number of hydrogen-bond acceptors (Lipinski definition) is 1. The Balaban J connectivity index is 3.03. The number of halogens is 4. The van der Waals surface area contributed by atoms with Crippen LogP contribution in [-0.4, -0.2) is 0 Å². The third-order valence-electron chi connectivity index (χ3n) is 1.67. The van der Waals surface area contributed by atoms with E-state index in [1.54, 1.807) is 6.07 Å². The Morgan fingerprint density at radius 2 is 2.00 bits per heavy atom. The molecule has 0 radical (unpaired) electrons. The fourth-order valence-electron chi connectivity index (χ4n) is 1.01. The maximum atomic E-state index is 12.3. The first kappa shape index (κ1) is 12.4. The minimum absolute atomic E-state index is 0.0264. The lowest BCUT2D eigenvalue weighted by atomic mass is 10.1. The summed E-state index contributed by atoms with van der Waals surface area (Å²) in [5, 5.41) is 7.83. The zero-order valence-corrected chi connectivity index (χ0v) is 8.65. The molecule has 82 valence electrons. The van der Waals surface area contributed by atoms with Crippen molar-refractivity contribution in [2.24, 2.45) is 0 Å². The fourth-order valence-corrected chi connectivity index (χ4v) is 1.30. The van der Waals surface area contributed by atoms with Gasteiger partial charge in [0.05, 0.1) is 23.1 Å². The number of rotatable bonds is 0. The van der Waals surface area contributed by atoms with E-state index in [9.17, 15) is 13.2 Å². The van der Waals surface area contributed by atoms with Crippen LogP contribution in [0, 0.1) is 23.2 Å². The Kier molecular flexibility index (Phi) is 3.82. The van der Waals surface area contributed by atoms with Crippen molar-refractivity contribution < 1.29 is 13.2 Å². The van der Waals surface area contributed by atoms with Crippen LogP contribution >= 0.6 is 11.6 Å². The molecular weight excluding hydrogens is 239 g/mol. The van der Waals surface area contributed by atoms with Gasteiger partial charge < -0.3 is 0 Å². The quantitative estimate of drug-likeness (QED) is 0.639. The van der Waals surface area contributed by atoms with Crippen molar-refractivity contribution in [3.05, 3.63) is 34.3 Å². The maximum Gasteiger partial charge on any atom is 0.417 e. The molecule has 0 amide bonds.